The molecule has 0 spiro atoms. The molecule has 5 aromatic rings. The third-order valence-corrected chi connectivity index (χ3v) is 7.24. The van der Waals surface area contributed by atoms with E-state index >= 15 is 0 Å². The second-order valence-electron chi connectivity index (χ2n) is 10.6. The molecule has 0 saturated carbocycles. The number of rotatable bonds is 12. The second-order valence-corrected chi connectivity index (χ2v) is 10.6. The van der Waals surface area contributed by atoms with Gasteiger partial charge >= 0.3 is 0 Å². The van der Waals surface area contributed by atoms with Gasteiger partial charge in [-0.2, -0.15) is 0 Å². The number of aryl methyl sites for hydroxylation is 2. The number of methoxy groups -OCH3 is 1. The average molecular weight is 596 g/mol. The number of hydrogen-bond acceptors (Lipinski definition) is 10. The van der Waals surface area contributed by atoms with Gasteiger partial charge in [0.15, 0.2) is 0 Å². The number of ether oxygens (including phenoxy) is 1. The number of aromatic nitrogens is 5. The number of carbonyl (C=O) groups is 1. The van der Waals surface area contributed by atoms with Crippen LogP contribution in [0.3, 0.4) is 0 Å². The molecule has 0 radical (unpaired) electrons. The van der Waals surface area contributed by atoms with Gasteiger partial charge in [0.1, 0.15) is 5.75 Å². The minimum Gasteiger partial charge on any atom is -0.494 e. The molecule has 0 aliphatic rings. The van der Waals surface area contributed by atoms with Crippen molar-refractivity contribution in [2.75, 3.05) is 56.9 Å². The molecule has 44 heavy (non-hydrogen) atoms. The van der Waals surface area contributed by atoms with Gasteiger partial charge in [-0.05, 0) is 32.3 Å². The molecule has 0 atom stereocenters. The lowest BCUT2D eigenvalue weighted by molar-refractivity contribution is -0.111. The number of nitrogens with zero attached hydrogens (tertiary/aromatic N) is 7. The first-order valence-corrected chi connectivity index (χ1v) is 14.2. The Morgan fingerprint density at radius 2 is 1.91 bits per heavy atom. The third kappa shape index (κ3) is 6.25. The monoisotopic (exact) mass is 595 g/mol. The van der Waals surface area contributed by atoms with Gasteiger partial charge in [0.25, 0.3) is 5.89 Å². The van der Waals surface area contributed by atoms with Gasteiger partial charge in [0, 0.05) is 68.5 Å². The van der Waals surface area contributed by atoms with Crippen molar-refractivity contribution in [2.24, 2.45) is 7.05 Å². The van der Waals surface area contributed by atoms with Gasteiger partial charge < -0.3 is 34.2 Å². The lowest BCUT2D eigenvalue weighted by Gasteiger charge is -2.26. The molecule has 0 aliphatic carbocycles. The van der Waals surface area contributed by atoms with Gasteiger partial charge in [-0.3, -0.25) is 4.79 Å². The zero-order valence-electron chi connectivity index (χ0n) is 25.9. The SMILES string of the molecule is C=CC(=O)Nc1cc(Nc2ncc(-c3nnc(CC)o3)c(-c3cn(C)c4ccccc34)n2)c(OC)cc1N(C)CCN(C)C. The lowest BCUT2D eigenvalue weighted by atomic mass is 10.1. The maximum absolute atomic E-state index is 12.4. The average Bonchev–Trinajstić information content (AvgIpc) is 3.64. The van der Waals surface area contributed by atoms with Crippen LogP contribution in [-0.2, 0) is 18.3 Å². The molecule has 0 aliphatic heterocycles. The predicted molar refractivity (Wildman–Crippen MR) is 174 cm³/mol. The topological polar surface area (TPSA) is 126 Å². The summed E-state index contributed by atoms with van der Waals surface area (Å²) in [5.74, 6) is 1.42. The first kappa shape index (κ1) is 30.2. The maximum atomic E-state index is 12.4. The van der Waals surface area contributed by atoms with E-state index in [0.717, 1.165) is 35.2 Å². The lowest BCUT2D eigenvalue weighted by Crippen LogP contribution is -2.29. The van der Waals surface area contributed by atoms with Gasteiger partial charge in [0.05, 0.1) is 35.4 Å². The molecular formula is C32H37N9O3. The highest BCUT2D eigenvalue weighted by atomic mass is 16.5. The summed E-state index contributed by atoms with van der Waals surface area (Å²) in [6.07, 6.45) is 5.55. The minimum atomic E-state index is -0.326. The first-order valence-electron chi connectivity index (χ1n) is 14.2. The molecular weight excluding hydrogens is 558 g/mol. The Morgan fingerprint density at radius 3 is 2.61 bits per heavy atom. The number of para-hydroxylation sites is 1. The number of carbonyl (C=O) groups excluding carboxylic acids is 1. The Bertz CT molecular complexity index is 1810. The van der Waals surface area contributed by atoms with E-state index in [9.17, 15) is 4.79 Å². The summed E-state index contributed by atoms with van der Waals surface area (Å²) >= 11 is 0. The molecule has 3 heterocycles. The van der Waals surface area contributed by atoms with Crippen LogP contribution in [0.15, 0.2) is 65.9 Å². The summed E-state index contributed by atoms with van der Waals surface area (Å²) in [6, 6.07) is 11.8. The summed E-state index contributed by atoms with van der Waals surface area (Å²) in [4.78, 5) is 26.1. The number of anilines is 4. The van der Waals surface area contributed by atoms with Crippen LogP contribution in [0.4, 0.5) is 23.0 Å². The summed E-state index contributed by atoms with van der Waals surface area (Å²) in [6.45, 7) is 7.11. The van der Waals surface area contributed by atoms with Crippen molar-refractivity contribution in [3.63, 3.8) is 0 Å². The smallest absolute Gasteiger partial charge is 0.251 e. The van der Waals surface area contributed by atoms with Crippen LogP contribution in [0.2, 0.25) is 0 Å². The Hall–Kier alpha value is -5.23. The number of likely N-dealkylation sites (N-methyl/N-ethyl adjacent to an activating group) is 2. The van der Waals surface area contributed by atoms with Gasteiger partial charge in [-0.1, -0.05) is 31.7 Å². The van der Waals surface area contributed by atoms with Crippen LogP contribution in [0, 0.1) is 0 Å². The molecule has 12 heteroatoms. The highest BCUT2D eigenvalue weighted by molar-refractivity contribution is 6.02. The van der Waals surface area contributed by atoms with Crippen molar-refractivity contribution in [1.82, 2.24) is 29.6 Å². The van der Waals surface area contributed by atoms with Gasteiger partial charge in [0.2, 0.25) is 17.7 Å². The predicted octanol–water partition coefficient (Wildman–Crippen LogP) is 5.12. The van der Waals surface area contributed by atoms with Crippen LogP contribution in [0.1, 0.15) is 12.8 Å². The van der Waals surface area contributed by atoms with Crippen LogP contribution < -0.4 is 20.3 Å². The molecule has 1 amide bonds. The fraction of sp³-hybridized carbons (Fsp3) is 0.281. The van der Waals surface area contributed by atoms with Crippen molar-refractivity contribution >= 4 is 39.8 Å². The Kier molecular flexibility index (Phi) is 8.91. The molecule has 3 aromatic heterocycles. The van der Waals surface area contributed by atoms with Crippen LogP contribution >= 0.6 is 0 Å². The highest BCUT2D eigenvalue weighted by Crippen LogP contribution is 2.39. The molecule has 5 rings (SSSR count). The van der Waals surface area contributed by atoms with E-state index < -0.39 is 0 Å². The minimum absolute atomic E-state index is 0.319. The molecule has 0 unspecified atom stereocenters. The summed E-state index contributed by atoms with van der Waals surface area (Å²) < 4.78 is 13.8. The molecule has 0 fully saturated rings. The van der Waals surface area contributed by atoms with Crippen molar-refractivity contribution in [3.05, 3.63) is 67.3 Å². The van der Waals surface area contributed by atoms with Gasteiger partial charge in [-0.15, -0.1) is 10.2 Å². The Balaban J connectivity index is 1.61. The Labute approximate surface area is 256 Å². The highest BCUT2D eigenvalue weighted by Gasteiger charge is 2.22. The molecule has 0 saturated heterocycles. The molecule has 0 bridgehead atoms. The quantitative estimate of drug-likeness (QED) is 0.188. The van der Waals surface area contributed by atoms with E-state index in [-0.39, 0.29) is 5.91 Å². The van der Waals surface area contributed by atoms with E-state index in [4.69, 9.17) is 14.1 Å². The normalized spacial score (nSPS) is 11.2. The van der Waals surface area contributed by atoms with Crippen LogP contribution in [0.5, 0.6) is 5.75 Å². The van der Waals surface area contributed by atoms with Crippen molar-refractivity contribution in [2.45, 2.75) is 13.3 Å². The van der Waals surface area contributed by atoms with E-state index in [0.29, 0.717) is 52.5 Å². The van der Waals surface area contributed by atoms with E-state index in [1.807, 2.05) is 65.6 Å². The number of benzene rings is 2. The molecule has 12 nitrogen and oxygen atoms in total. The zero-order valence-corrected chi connectivity index (χ0v) is 25.9. The van der Waals surface area contributed by atoms with Crippen molar-refractivity contribution < 1.29 is 13.9 Å². The van der Waals surface area contributed by atoms with Crippen molar-refractivity contribution in [1.29, 1.82) is 0 Å². The van der Waals surface area contributed by atoms with Gasteiger partial charge in [-0.25, -0.2) is 9.97 Å². The Morgan fingerprint density at radius 1 is 1.11 bits per heavy atom. The number of nitrogens with one attached hydrogen (secondary N) is 2. The number of amides is 1. The summed E-state index contributed by atoms with van der Waals surface area (Å²) in [7, 11) is 9.59. The van der Waals surface area contributed by atoms with E-state index in [1.54, 1.807) is 13.3 Å². The maximum Gasteiger partial charge on any atom is 0.251 e. The fourth-order valence-corrected chi connectivity index (χ4v) is 4.87. The molecule has 228 valence electrons. The zero-order chi connectivity index (χ0) is 31.4. The fourth-order valence-electron chi connectivity index (χ4n) is 4.87. The van der Waals surface area contributed by atoms with Crippen LogP contribution in [0.25, 0.3) is 33.6 Å². The summed E-state index contributed by atoms with van der Waals surface area (Å²) in [5.41, 5.74) is 5.14. The largest absolute Gasteiger partial charge is 0.494 e. The van der Waals surface area contributed by atoms with Crippen LogP contribution in [-0.4, -0.2) is 76.9 Å². The number of fused-ring (bicyclic) bond motifs is 1. The second kappa shape index (κ2) is 13.0. The van der Waals surface area contributed by atoms with E-state index in [2.05, 4.69) is 58.9 Å². The molecule has 2 aromatic carbocycles. The third-order valence-electron chi connectivity index (χ3n) is 7.24. The molecule has 2 N–H and O–H groups in total. The van der Waals surface area contributed by atoms with Crippen molar-refractivity contribution in [3.8, 4) is 28.5 Å². The summed E-state index contributed by atoms with van der Waals surface area (Å²) in [5, 5.41) is 15.7. The first-order chi connectivity index (χ1) is 21.2. The standard InChI is InChI=1S/C32H37N9O3/c1-8-28(42)34-23-16-24(27(43-7)17-26(23)40(5)15-14-39(3)4)35-32-33-18-21(31-38-37-29(9-2)44-31)30(36-32)22-19-41(6)25-13-11-10-12-20(22)25/h8,10-13,16-19H,1,9,14-15H2,2-7H3,(H,34,42)(H,33,35,36). The number of hydrogen-bond donors (Lipinski definition) is 2. The van der Waals surface area contributed by atoms with E-state index in [1.165, 1.54) is 6.08 Å².